The molecule has 16 heavy (non-hydrogen) atoms. The maximum atomic E-state index is 9.90. The number of rotatable bonds is 2. The summed E-state index contributed by atoms with van der Waals surface area (Å²) in [6, 6.07) is 3.37. The molecule has 0 aliphatic carbocycles. The molecule has 0 aromatic heterocycles. The van der Waals surface area contributed by atoms with Crippen LogP contribution in [-0.4, -0.2) is 17.8 Å². The van der Waals surface area contributed by atoms with Crippen molar-refractivity contribution in [2.24, 2.45) is 5.73 Å². The third-order valence-electron chi connectivity index (χ3n) is 2.82. The number of hydrogen-bond donors (Lipinski definition) is 2. The Balaban J connectivity index is 2.39. The first-order chi connectivity index (χ1) is 7.59. The molecule has 1 aliphatic rings. The van der Waals surface area contributed by atoms with Crippen molar-refractivity contribution in [3.8, 4) is 5.75 Å². The predicted molar refractivity (Wildman–Crippen MR) is 63.9 cm³/mol. The van der Waals surface area contributed by atoms with Crippen LogP contribution in [0.5, 0.6) is 5.75 Å². The van der Waals surface area contributed by atoms with E-state index in [4.69, 9.17) is 22.1 Å². The lowest BCUT2D eigenvalue weighted by molar-refractivity contribution is 0.153. The second-order valence-corrected chi connectivity index (χ2v) is 4.65. The fraction of sp³-hybridized carbons (Fsp3) is 0.500. The number of nitrogens with two attached hydrogens (primary N) is 1. The van der Waals surface area contributed by atoms with E-state index < -0.39 is 6.10 Å². The van der Waals surface area contributed by atoms with Crippen LogP contribution in [0, 0.1) is 0 Å². The van der Waals surface area contributed by atoms with Gasteiger partial charge < -0.3 is 15.6 Å². The molecule has 3 N–H and O–H groups in total. The lowest BCUT2D eigenvalue weighted by Crippen LogP contribution is -2.24. The summed E-state index contributed by atoms with van der Waals surface area (Å²) >= 11 is 6.12. The van der Waals surface area contributed by atoms with E-state index in [2.05, 4.69) is 0 Å². The Morgan fingerprint density at radius 2 is 2.25 bits per heavy atom. The summed E-state index contributed by atoms with van der Waals surface area (Å²) in [6.45, 7) is 2.48. The molecule has 0 fully saturated rings. The molecule has 2 unspecified atom stereocenters. The van der Waals surface area contributed by atoms with Gasteiger partial charge in [0.25, 0.3) is 0 Å². The number of aliphatic hydroxyl groups is 1. The normalized spacial score (nSPS) is 18.5. The molecule has 0 bridgehead atoms. The van der Waals surface area contributed by atoms with Crippen LogP contribution in [0.25, 0.3) is 0 Å². The van der Waals surface area contributed by atoms with Gasteiger partial charge in [0.15, 0.2) is 0 Å². The zero-order valence-corrected chi connectivity index (χ0v) is 10.00. The van der Waals surface area contributed by atoms with E-state index in [0.29, 0.717) is 11.6 Å². The number of benzene rings is 1. The van der Waals surface area contributed by atoms with Crippen LogP contribution < -0.4 is 10.5 Å². The third kappa shape index (κ3) is 2.17. The maximum absolute atomic E-state index is 9.90. The molecule has 0 spiro atoms. The minimum absolute atomic E-state index is 0.307. The summed E-state index contributed by atoms with van der Waals surface area (Å²) in [4.78, 5) is 0. The average molecular weight is 242 g/mol. The Morgan fingerprint density at radius 1 is 1.50 bits per heavy atom. The van der Waals surface area contributed by atoms with Crippen LogP contribution in [0.3, 0.4) is 0 Å². The molecule has 2 rings (SSSR count). The minimum Gasteiger partial charge on any atom is -0.492 e. The second-order valence-electron chi connectivity index (χ2n) is 4.25. The van der Waals surface area contributed by atoms with E-state index >= 15 is 0 Å². The van der Waals surface area contributed by atoms with Gasteiger partial charge in [0.05, 0.1) is 17.7 Å². The first kappa shape index (κ1) is 11.7. The lowest BCUT2D eigenvalue weighted by atomic mass is 9.98. The summed E-state index contributed by atoms with van der Waals surface area (Å²) < 4.78 is 5.50. The Kier molecular flexibility index (Phi) is 3.38. The average Bonchev–Trinajstić information content (AvgIpc) is 2.28. The highest BCUT2D eigenvalue weighted by Gasteiger charge is 2.19. The topological polar surface area (TPSA) is 55.5 Å². The van der Waals surface area contributed by atoms with Gasteiger partial charge in [0.1, 0.15) is 5.75 Å². The SMILES string of the molecule is CC(N)C(O)c1cc(Cl)c2c(c1)CCCO2. The van der Waals surface area contributed by atoms with Gasteiger partial charge in [-0.1, -0.05) is 11.6 Å². The monoisotopic (exact) mass is 241 g/mol. The minimum atomic E-state index is -0.676. The van der Waals surface area contributed by atoms with Crippen molar-refractivity contribution in [3.63, 3.8) is 0 Å². The molecule has 1 aromatic carbocycles. The summed E-state index contributed by atoms with van der Waals surface area (Å²) in [5.41, 5.74) is 7.50. The van der Waals surface area contributed by atoms with Crippen molar-refractivity contribution in [2.45, 2.75) is 31.9 Å². The fourth-order valence-electron chi connectivity index (χ4n) is 1.93. The fourth-order valence-corrected chi connectivity index (χ4v) is 2.23. The van der Waals surface area contributed by atoms with Crippen molar-refractivity contribution in [1.29, 1.82) is 0 Å². The number of halogens is 1. The molecule has 0 amide bonds. The maximum Gasteiger partial charge on any atom is 0.141 e. The van der Waals surface area contributed by atoms with Crippen LogP contribution in [0.2, 0.25) is 5.02 Å². The van der Waals surface area contributed by atoms with E-state index in [0.717, 1.165) is 29.7 Å². The molecule has 1 aliphatic heterocycles. The van der Waals surface area contributed by atoms with Gasteiger partial charge in [0.2, 0.25) is 0 Å². The number of aliphatic hydroxyl groups excluding tert-OH is 1. The lowest BCUT2D eigenvalue weighted by Gasteiger charge is -2.22. The highest BCUT2D eigenvalue weighted by molar-refractivity contribution is 6.32. The van der Waals surface area contributed by atoms with E-state index in [1.54, 1.807) is 13.0 Å². The van der Waals surface area contributed by atoms with Crippen molar-refractivity contribution in [3.05, 3.63) is 28.3 Å². The number of ether oxygens (including phenoxy) is 1. The molecule has 3 nitrogen and oxygen atoms in total. The molecule has 1 heterocycles. The van der Waals surface area contributed by atoms with Crippen LogP contribution >= 0.6 is 11.6 Å². The highest BCUT2D eigenvalue weighted by atomic mass is 35.5. The first-order valence-corrected chi connectivity index (χ1v) is 5.86. The summed E-state index contributed by atoms with van der Waals surface area (Å²) in [6.07, 6.45) is 1.25. The van der Waals surface area contributed by atoms with Crippen molar-refractivity contribution < 1.29 is 9.84 Å². The Hall–Kier alpha value is -0.770. The zero-order valence-electron chi connectivity index (χ0n) is 9.24. The number of fused-ring (bicyclic) bond motifs is 1. The van der Waals surface area contributed by atoms with Crippen LogP contribution in [0.4, 0.5) is 0 Å². The predicted octanol–water partition coefficient (Wildman–Crippen LogP) is 2.05. The van der Waals surface area contributed by atoms with Gasteiger partial charge in [-0.05, 0) is 43.0 Å². The number of aryl methyl sites for hydroxylation is 1. The summed E-state index contributed by atoms with van der Waals surface area (Å²) in [7, 11) is 0. The first-order valence-electron chi connectivity index (χ1n) is 5.48. The standard InChI is InChI=1S/C12H16ClNO2/c1-7(14)11(15)9-5-8-3-2-4-16-12(8)10(13)6-9/h5-7,11,15H,2-4,14H2,1H3. The van der Waals surface area contributed by atoms with Gasteiger partial charge in [-0.15, -0.1) is 0 Å². The van der Waals surface area contributed by atoms with Crippen LogP contribution in [-0.2, 0) is 6.42 Å². The molecule has 88 valence electrons. The van der Waals surface area contributed by atoms with Gasteiger partial charge in [-0.3, -0.25) is 0 Å². The molecule has 0 radical (unpaired) electrons. The molecule has 2 atom stereocenters. The smallest absolute Gasteiger partial charge is 0.141 e. The van der Waals surface area contributed by atoms with E-state index in [1.807, 2.05) is 6.07 Å². The molecular weight excluding hydrogens is 226 g/mol. The molecule has 4 heteroatoms. The number of hydrogen-bond acceptors (Lipinski definition) is 3. The zero-order chi connectivity index (χ0) is 11.7. The van der Waals surface area contributed by atoms with E-state index in [9.17, 15) is 5.11 Å². The summed E-state index contributed by atoms with van der Waals surface area (Å²) in [5, 5.41) is 10.5. The van der Waals surface area contributed by atoms with Crippen molar-refractivity contribution in [1.82, 2.24) is 0 Å². The molecule has 0 saturated heterocycles. The van der Waals surface area contributed by atoms with Crippen LogP contribution in [0.15, 0.2) is 12.1 Å². The quantitative estimate of drug-likeness (QED) is 0.833. The van der Waals surface area contributed by atoms with Gasteiger partial charge in [-0.2, -0.15) is 0 Å². The second kappa shape index (κ2) is 4.62. The van der Waals surface area contributed by atoms with Crippen LogP contribution in [0.1, 0.15) is 30.6 Å². The molecular formula is C12H16ClNO2. The van der Waals surface area contributed by atoms with Gasteiger partial charge in [-0.25, -0.2) is 0 Å². The molecule has 0 saturated carbocycles. The highest BCUT2D eigenvalue weighted by Crippen LogP contribution is 2.35. The van der Waals surface area contributed by atoms with Gasteiger partial charge in [0, 0.05) is 6.04 Å². The van der Waals surface area contributed by atoms with Crippen molar-refractivity contribution >= 4 is 11.6 Å². The molecule has 1 aromatic rings. The van der Waals surface area contributed by atoms with Crippen molar-refractivity contribution in [2.75, 3.05) is 6.61 Å². The Labute approximate surface area is 100 Å². The summed E-state index contributed by atoms with van der Waals surface area (Å²) in [5.74, 6) is 0.758. The Morgan fingerprint density at radius 3 is 2.94 bits per heavy atom. The Bertz CT molecular complexity index is 393. The van der Waals surface area contributed by atoms with E-state index in [-0.39, 0.29) is 6.04 Å². The van der Waals surface area contributed by atoms with Gasteiger partial charge >= 0.3 is 0 Å². The van der Waals surface area contributed by atoms with E-state index in [1.165, 1.54) is 0 Å². The third-order valence-corrected chi connectivity index (χ3v) is 3.10. The largest absolute Gasteiger partial charge is 0.492 e.